The molecule has 3 aromatic heterocycles. The van der Waals surface area contributed by atoms with Crippen LogP contribution in [0, 0.1) is 0 Å². The average molecular weight is 303 g/mol. The molecule has 3 rings (SSSR count). The average Bonchev–Trinajstić information content (AvgIpc) is 3.16. The van der Waals surface area contributed by atoms with Gasteiger partial charge in [0.15, 0.2) is 0 Å². The van der Waals surface area contributed by atoms with Gasteiger partial charge in [0.2, 0.25) is 5.95 Å². The van der Waals surface area contributed by atoms with E-state index in [0.29, 0.717) is 5.95 Å². The number of hydrogen-bond acceptors (Lipinski definition) is 7. The first kappa shape index (κ1) is 13.8. The molecule has 21 heavy (non-hydrogen) atoms. The fraction of sp³-hybridized carbons (Fsp3) is 0.286. The third-order valence-corrected chi connectivity index (χ3v) is 4.05. The van der Waals surface area contributed by atoms with Crippen LogP contribution in [0.2, 0.25) is 0 Å². The minimum atomic E-state index is 0.263. The number of nitrogens with two attached hydrogens (primary N) is 1. The summed E-state index contributed by atoms with van der Waals surface area (Å²) in [6.07, 6.45) is 3.54. The van der Waals surface area contributed by atoms with Crippen LogP contribution in [0.5, 0.6) is 0 Å². The first-order chi connectivity index (χ1) is 10.3. The zero-order valence-corrected chi connectivity index (χ0v) is 12.5. The maximum absolute atomic E-state index is 5.42. The molecule has 0 spiro atoms. The first-order valence-electron chi connectivity index (χ1n) is 6.77. The van der Waals surface area contributed by atoms with Crippen molar-refractivity contribution in [3.8, 4) is 0 Å². The van der Waals surface area contributed by atoms with Crippen LogP contribution < -0.4 is 16.6 Å². The van der Waals surface area contributed by atoms with Gasteiger partial charge >= 0.3 is 0 Å². The maximum Gasteiger partial charge on any atom is 0.240 e. The molecule has 6 nitrogen and oxygen atoms in total. The smallest absolute Gasteiger partial charge is 0.240 e. The van der Waals surface area contributed by atoms with Gasteiger partial charge in [0.1, 0.15) is 16.4 Å². The summed E-state index contributed by atoms with van der Waals surface area (Å²) in [5.74, 6) is 7.65. The molecule has 0 saturated carbocycles. The highest BCUT2D eigenvalue weighted by molar-refractivity contribution is 7.16. The monoisotopic (exact) mass is 303 g/mol. The molecule has 0 radical (unpaired) electrons. The number of aryl methyl sites for hydroxylation is 1. The maximum atomic E-state index is 5.42. The Morgan fingerprint density at radius 2 is 2.29 bits per heavy atom. The number of thiophene rings is 1. The van der Waals surface area contributed by atoms with E-state index in [9.17, 15) is 0 Å². The lowest BCUT2D eigenvalue weighted by Gasteiger charge is -2.15. The molecule has 3 heterocycles. The second kappa shape index (κ2) is 6.11. The highest BCUT2D eigenvalue weighted by Crippen LogP contribution is 2.27. The highest BCUT2D eigenvalue weighted by Gasteiger charge is 2.11. The summed E-state index contributed by atoms with van der Waals surface area (Å²) in [6, 6.07) is 6.18. The molecule has 3 aromatic rings. The molecule has 1 unspecified atom stereocenters. The molecule has 0 fully saturated rings. The minimum Gasteiger partial charge on any atom is -0.469 e. The molecule has 0 aliphatic rings. The predicted octanol–water partition coefficient (Wildman–Crippen LogP) is 3.00. The fourth-order valence-corrected chi connectivity index (χ4v) is 2.91. The quantitative estimate of drug-likeness (QED) is 0.479. The standard InChI is InChI=1S/C14H17N5OS/c1-9(4-5-10-3-2-7-20-10)16-12-11-6-8-21-13(11)18-14(17-12)19-15/h2-3,6-9H,4-5,15H2,1H3,(H2,16,17,18,19). The normalized spacial score (nSPS) is 12.5. The van der Waals surface area contributed by atoms with Crippen molar-refractivity contribution in [2.24, 2.45) is 5.84 Å². The topological polar surface area (TPSA) is 89.0 Å². The van der Waals surface area contributed by atoms with E-state index in [-0.39, 0.29) is 6.04 Å². The zero-order chi connectivity index (χ0) is 14.7. The molecule has 0 bridgehead atoms. The van der Waals surface area contributed by atoms with Crippen LogP contribution in [0.25, 0.3) is 10.2 Å². The number of hydrogen-bond donors (Lipinski definition) is 3. The molecule has 0 aromatic carbocycles. The Labute approximate surface area is 126 Å². The number of nitrogen functional groups attached to an aromatic ring is 1. The van der Waals surface area contributed by atoms with E-state index in [1.807, 2.05) is 23.6 Å². The second-order valence-electron chi connectivity index (χ2n) is 4.84. The molecule has 0 aliphatic carbocycles. The van der Waals surface area contributed by atoms with Gasteiger partial charge in [0.25, 0.3) is 0 Å². The summed E-state index contributed by atoms with van der Waals surface area (Å²) >= 11 is 1.57. The summed E-state index contributed by atoms with van der Waals surface area (Å²) in [4.78, 5) is 9.64. The Morgan fingerprint density at radius 3 is 3.05 bits per heavy atom. The Bertz CT molecular complexity index is 709. The van der Waals surface area contributed by atoms with Crippen LogP contribution in [-0.2, 0) is 6.42 Å². The highest BCUT2D eigenvalue weighted by atomic mass is 32.1. The third kappa shape index (κ3) is 3.14. The van der Waals surface area contributed by atoms with Crippen molar-refractivity contribution in [3.63, 3.8) is 0 Å². The van der Waals surface area contributed by atoms with Gasteiger partial charge in [0, 0.05) is 12.5 Å². The fourth-order valence-electron chi connectivity index (χ4n) is 2.15. The molecule has 0 amide bonds. The van der Waals surface area contributed by atoms with Gasteiger partial charge in [-0.15, -0.1) is 11.3 Å². The van der Waals surface area contributed by atoms with Crippen LogP contribution in [0.1, 0.15) is 19.1 Å². The van der Waals surface area contributed by atoms with E-state index in [1.165, 1.54) is 0 Å². The van der Waals surface area contributed by atoms with Crippen molar-refractivity contribution < 1.29 is 4.42 Å². The van der Waals surface area contributed by atoms with E-state index in [0.717, 1.165) is 34.6 Å². The van der Waals surface area contributed by atoms with Crippen molar-refractivity contribution in [3.05, 3.63) is 35.6 Å². The number of fused-ring (bicyclic) bond motifs is 1. The number of aromatic nitrogens is 2. The summed E-state index contributed by atoms with van der Waals surface area (Å²) in [5.41, 5.74) is 2.51. The van der Waals surface area contributed by atoms with Crippen LogP contribution in [-0.4, -0.2) is 16.0 Å². The SMILES string of the molecule is CC(CCc1ccco1)Nc1nc(NN)nc2sccc12. The first-order valence-corrected chi connectivity index (χ1v) is 7.65. The largest absolute Gasteiger partial charge is 0.469 e. The lowest BCUT2D eigenvalue weighted by molar-refractivity contribution is 0.495. The Balaban J connectivity index is 1.72. The second-order valence-corrected chi connectivity index (χ2v) is 5.74. The molecule has 4 N–H and O–H groups in total. The van der Waals surface area contributed by atoms with E-state index < -0.39 is 0 Å². The van der Waals surface area contributed by atoms with E-state index in [2.05, 4.69) is 27.6 Å². The number of rotatable bonds is 6. The lowest BCUT2D eigenvalue weighted by Crippen LogP contribution is -2.18. The van der Waals surface area contributed by atoms with Crippen molar-refractivity contribution in [2.75, 3.05) is 10.7 Å². The predicted molar refractivity (Wildman–Crippen MR) is 85.3 cm³/mol. The van der Waals surface area contributed by atoms with Crippen molar-refractivity contribution in [1.29, 1.82) is 0 Å². The van der Waals surface area contributed by atoms with E-state index >= 15 is 0 Å². The summed E-state index contributed by atoms with van der Waals surface area (Å²) < 4.78 is 5.35. The van der Waals surface area contributed by atoms with Crippen LogP contribution in [0.3, 0.4) is 0 Å². The molecule has 0 aliphatic heterocycles. The molecule has 1 atom stereocenters. The van der Waals surface area contributed by atoms with Crippen LogP contribution in [0.15, 0.2) is 34.3 Å². The third-order valence-electron chi connectivity index (χ3n) is 3.24. The van der Waals surface area contributed by atoms with Gasteiger partial charge in [0.05, 0.1) is 11.6 Å². The van der Waals surface area contributed by atoms with Crippen molar-refractivity contribution in [1.82, 2.24) is 9.97 Å². The molecular formula is C14H17N5OS. The van der Waals surface area contributed by atoms with Gasteiger partial charge in [-0.1, -0.05) is 0 Å². The Morgan fingerprint density at radius 1 is 1.38 bits per heavy atom. The number of anilines is 2. The molecule has 110 valence electrons. The summed E-state index contributed by atoms with van der Waals surface area (Å²) in [5, 5.41) is 6.44. The van der Waals surface area contributed by atoms with Crippen LogP contribution >= 0.6 is 11.3 Å². The molecule has 7 heteroatoms. The van der Waals surface area contributed by atoms with E-state index in [1.54, 1.807) is 17.6 Å². The molecule has 0 saturated heterocycles. The number of nitrogens with one attached hydrogen (secondary N) is 2. The Kier molecular flexibility index (Phi) is 4.03. The lowest BCUT2D eigenvalue weighted by atomic mass is 10.1. The van der Waals surface area contributed by atoms with Crippen LogP contribution in [0.4, 0.5) is 11.8 Å². The summed E-state index contributed by atoms with van der Waals surface area (Å²) in [6.45, 7) is 2.12. The summed E-state index contributed by atoms with van der Waals surface area (Å²) in [7, 11) is 0. The minimum absolute atomic E-state index is 0.263. The van der Waals surface area contributed by atoms with Gasteiger partial charge in [-0.3, -0.25) is 5.43 Å². The number of nitrogens with zero attached hydrogens (tertiary/aromatic N) is 2. The van der Waals surface area contributed by atoms with Crippen molar-refractivity contribution in [2.45, 2.75) is 25.8 Å². The van der Waals surface area contributed by atoms with E-state index in [4.69, 9.17) is 10.3 Å². The zero-order valence-electron chi connectivity index (χ0n) is 11.7. The molecular weight excluding hydrogens is 286 g/mol. The number of furan rings is 1. The van der Waals surface area contributed by atoms with Gasteiger partial charge in [-0.25, -0.2) is 10.8 Å². The number of hydrazine groups is 1. The van der Waals surface area contributed by atoms with Crippen molar-refractivity contribution >= 4 is 33.3 Å². The van der Waals surface area contributed by atoms with Gasteiger partial charge < -0.3 is 9.73 Å². The van der Waals surface area contributed by atoms with Gasteiger partial charge in [-0.05, 0) is 36.9 Å². The van der Waals surface area contributed by atoms with Gasteiger partial charge in [-0.2, -0.15) is 4.98 Å². The Hall–Kier alpha value is -2.12.